The maximum atomic E-state index is 12.7. The van der Waals surface area contributed by atoms with E-state index < -0.39 is 66.2 Å². The SMILES string of the molecule is O=C(O)CCCCCN(c1ccc([N+](=O)[O-])cc1[N+](=O)[O-])N1C(=O)CC(O)(S(=O)(=O)O)C1=O.[H-].[H-].[Na+].[Na+]. The summed E-state index contributed by atoms with van der Waals surface area (Å²) in [7, 11) is -5.49. The summed E-state index contributed by atoms with van der Waals surface area (Å²) in [5, 5.41) is 42.1. The van der Waals surface area contributed by atoms with Crippen molar-refractivity contribution in [3.63, 3.8) is 0 Å². The Hall–Kier alpha value is -1.70. The summed E-state index contributed by atoms with van der Waals surface area (Å²) in [6.45, 7) is -0.378. The van der Waals surface area contributed by atoms with E-state index in [0.29, 0.717) is 11.1 Å². The van der Waals surface area contributed by atoms with Gasteiger partial charge in [-0.25, -0.2) is 0 Å². The number of carbonyl (C=O) groups excluding carboxylic acids is 2. The van der Waals surface area contributed by atoms with Gasteiger partial charge in [-0.05, 0) is 18.9 Å². The summed E-state index contributed by atoms with van der Waals surface area (Å²) in [4.78, 5) is 52.8. The van der Waals surface area contributed by atoms with Gasteiger partial charge in [0.15, 0.2) is 0 Å². The number of anilines is 1. The molecular weight excluding hydrogens is 518 g/mol. The first kappa shape index (κ1) is 33.3. The Labute approximate surface area is 244 Å². The molecule has 0 aromatic heterocycles. The first-order valence-corrected chi connectivity index (χ1v) is 10.6. The largest absolute Gasteiger partial charge is 1.00 e. The molecule has 0 aliphatic carbocycles. The normalized spacial score (nSPS) is 17.4. The Morgan fingerprint density at radius 3 is 2.20 bits per heavy atom. The third kappa shape index (κ3) is 7.40. The topological polar surface area (TPSA) is 239 Å². The van der Waals surface area contributed by atoms with Crippen LogP contribution in [0.15, 0.2) is 18.2 Å². The number of unbranched alkanes of at least 4 members (excludes halogenated alkanes) is 2. The van der Waals surface area contributed by atoms with Crippen LogP contribution in [0.3, 0.4) is 0 Å². The van der Waals surface area contributed by atoms with E-state index in [1.54, 1.807) is 0 Å². The van der Waals surface area contributed by atoms with E-state index in [1.807, 2.05) is 0 Å². The third-order valence-electron chi connectivity index (χ3n) is 4.73. The van der Waals surface area contributed by atoms with Gasteiger partial charge in [0.2, 0.25) is 0 Å². The first-order chi connectivity index (χ1) is 15.2. The first-order valence-electron chi connectivity index (χ1n) is 9.19. The van der Waals surface area contributed by atoms with Gasteiger partial charge in [-0.15, -0.1) is 0 Å². The fraction of sp³-hybridized carbons (Fsp3) is 0.438. The van der Waals surface area contributed by atoms with Crippen molar-refractivity contribution in [3.8, 4) is 0 Å². The molecule has 16 nitrogen and oxygen atoms in total. The predicted octanol–water partition coefficient (Wildman–Crippen LogP) is -5.56. The maximum Gasteiger partial charge on any atom is 1.00 e. The second-order valence-electron chi connectivity index (χ2n) is 6.96. The van der Waals surface area contributed by atoms with Gasteiger partial charge in [-0.3, -0.25) is 44.2 Å². The fourth-order valence-electron chi connectivity index (χ4n) is 3.11. The minimum atomic E-state index is -5.49. The zero-order chi connectivity index (χ0) is 25.1. The standard InChI is InChI=1S/C16H18N4O12S.2Na.2H/c21-13-9-16(25,33(30,31)32)15(24)18(13)17(7-3-1-2-4-14(22)23)11-6-5-10(19(26)27)8-12(11)20(28)29;;;;/h5-6,8,25H,1-4,7,9H2,(H,22,23)(H,30,31,32);;;;/q;2*+1;2*-1. The Kier molecular flexibility index (Phi) is 12.4. The van der Waals surface area contributed by atoms with Gasteiger partial charge in [0.25, 0.3) is 22.4 Å². The molecule has 1 aromatic rings. The number of aliphatic carboxylic acids is 1. The molecule has 1 saturated heterocycles. The summed E-state index contributed by atoms with van der Waals surface area (Å²) < 4.78 is 32.3. The van der Waals surface area contributed by atoms with Gasteiger partial charge < -0.3 is 13.1 Å². The van der Waals surface area contributed by atoms with Crippen LogP contribution in [0.2, 0.25) is 0 Å². The van der Waals surface area contributed by atoms with E-state index in [4.69, 9.17) is 5.11 Å². The number of hydrazine groups is 1. The van der Waals surface area contributed by atoms with E-state index in [2.05, 4.69) is 0 Å². The van der Waals surface area contributed by atoms with Crippen molar-refractivity contribution in [3.05, 3.63) is 38.4 Å². The Balaban J connectivity index is -0.00000289. The van der Waals surface area contributed by atoms with Gasteiger partial charge >= 0.3 is 80.9 Å². The zero-order valence-corrected chi connectivity index (χ0v) is 23.5. The molecule has 0 radical (unpaired) electrons. The Morgan fingerprint density at radius 2 is 1.74 bits per heavy atom. The number of carbonyl (C=O) groups is 3. The van der Waals surface area contributed by atoms with Crippen molar-refractivity contribution >= 4 is 45.0 Å². The number of carboxylic acid groups (broad SMARTS) is 1. The van der Waals surface area contributed by atoms with E-state index in [-0.39, 0.29) is 99.2 Å². The molecule has 1 aromatic carbocycles. The van der Waals surface area contributed by atoms with Crippen LogP contribution < -0.4 is 64.1 Å². The van der Waals surface area contributed by atoms with Crippen molar-refractivity contribution in [2.24, 2.45) is 0 Å². The van der Waals surface area contributed by atoms with Crippen LogP contribution in [-0.4, -0.2) is 67.3 Å². The van der Waals surface area contributed by atoms with E-state index in [9.17, 15) is 52.7 Å². The van der Waals surface area contributed by atoms with Gasteiger partial charge in [0, 0.05) is 19.0 Å². The van der Waals surface area contributed by atoms with Crippen LogP contribution >= 0.6 is 0 Å². The van der Waals surface area contributed by atoms with Crippen molar-refractivity contribution in [1.82, 2.24) is 5.01 Å². The number of imide groups is 1. The molecule has 3 N–H and O–H groups in total. The number of non-ortho nitro benzene ring substituents is 1. The molecule has 184 valence electrons. The number of carboxylic acids is 1. The molecule has 2 rings (SSSR count). The average molecular weight is 538 g/mol. The molecular formula is C16H20N4Na2O12S. The number of nitro benzene ring substituents is 2. The van der Waals surface area contributed by atoms with Crippen LogP contribution in [-0.2, 0) is 24.5 Å². The number of amides is 2. The van der Waals surface area contributed by atoms with Crippen LogP contribution in [0.4, 0.5) is 17.1 Å². The molecule has 0 spiro atoms. The summed E-state index contributed by atoms with van der Waals surface area (Å²) in [5.41, 5.74) is -2.09. The molecule has 1 atom stereocenters. The number of benzene rings is 1. The quantitative estimate of drug-likeness (QED) is 0.0595. The van der Waals surface area contributed by atoms with Crippen molar-refractivity contribution in [1.29, 1.82) is 0 Å². The Bertz CT molecular complexity index is 1140. The summed E-state index contributed by atoms with van der Waals surface area (Å²) >= 11 is 0. The third-order valence-corrected chi connectivity index (χ3v) is 5.90. The predicted molar refractivity (Wildman–Crippen MR) is 108 cm³/mol. The molecule has 0 saturated carbocycles. The minimum absolute atomic E-state index is 0. The number of hydrogen-bond donors (Lipinski definition) is 3. The molecule has 19 heteroatoms. The molecule has 35 heavy (non-hydrogen) atoms. The fourth-order valence-corrected chi connectivity index (χ4v) is 3.73. The number of nitrogens with zero attached hydrogens (tertiary/aromatic N) is 4. The van der Waals surface area contributed by atoms with Crippen LogP contribution in [0.5, 0.6) is 0 Å². The molecule has 1 aliphatic rings. The van der Waals surface area contributed by atoms with Crippen LogP contribution in [0.25, 0.3) is 0 Å². The molecule has 1 heterocycles. The van der Waals surface area contributed by atoms with Gasteiger partial charge in [-0.2, -0.15) is 13.4 Å². The molecule has 2 amide bonds. The number of aliphatic hydroxyl groups is 1. The second-order valence-corrected chi connectivity index (χ2v) is 8.59. The van der Waals surface area contributed by atoms with Crippen molar-refractivity contribution < 1.29 is 109 Å². The van der Waals surface area contributed by atoms with E-state index >= 15 is 0 Å². The van der Waals surface area contributed by atoms with Gasteiger partial charge in [0.05, 0.1) is 22.3 Å². The summed E-state index contributed by atoms with van der Waals surface area (Å²) in [6.07, 6.45) is -1.16. The zero-order valence-electron chi connectivity index (χ0n) is 20.7. The molecule has 0 bridgehead atoms. The summed E-state index contributed by atoms with van der Waals surface area (Å²) in [5.74, 6) is -4.20. The molecule has 1 aliphatic heterocycles. The smallest absolute Gasteiger partial charge is 1.00 e. The van der Waals surface area contributed by atoms with Crippen LogP contribution in [0, 0.1) is 20.2 Å². The second kappa shape index (κ2) is 13.0. The van der Waals surface area contributed by atoms with E-state index in [0.717, 1.165) is 12.1 Å². The Morgan fingerprint density at radius 1 is 1.14 bits per heavy atom. The number of hydrogen-bond acceptors (Lipinski definition) is 11. The van der Waals surface area contributed by atoms with Crippen molar-refractivity contribution in [2.75, 3.05) is 11.6 Å². The van der Waals surface area contributed by atoms with Crippen molar-refractivity contribution in [2.45, 2.75) is 37.0 Å². The number of nitro groups is 2. The van der Waals surface area contributed by atoms with Gasteiger partial charge in [-0.1, -0.05) is 6.42 Å². The maximum absolute atomic E-state index is 12.7. The monoisotopic (exact) mass is 538 g/mol. The molecule has 1 unspecified atom stereocenters. The molecule has 1 fully saturated rings. The van der Waals surface area contributed by atoms with E-state index in [1.165, 1.54) is 0 Å². The minimum Gasteiger partial charge on any atom is -1.00 e. The number of rotatable bonds is 11. The van der Waals surface area contributed by atoms with Crippen LogP contribution in [0.1, 0.15) is 35.0 Å². The summed E-state index contributed by atoms with van der Waals surface area (Å²) in [6, 6.07) is 2.27. The van der Waals surface area contributed by atoms with Gasteiger partial charge in [0.1, 0.15) is 5.69 Å². The average Bonchev–Trinajstić information content (AvgIpc) is 2.93.